The lowest BCUT2D eigenvalue weighted by Crippen LogP contribution is -2.47. The SMILES string of the molecule is CNc1nccc([C@@H](CO)NC(=O)[C@H](C)N2Cc3ccc(-c4nc(NC5CCOCC5)ncc4Cl)cc3C2=O)n1. The molecule has 210 valence electrons. The predicted octanol–water partition coefficient (Wildman–Crippen LogP) is 2.41. The van der Waals surface area contributed by atoms with Gasteiger partial charge < -0.3 is 30.7 Å². The van der Waals surface area contributed by atoms with E-state index in [9.17, 15) is 14.7 Å². The Labute approximate surface area is 236 Å². The van der Waals surface area contributed by atoms with Gasteiger partial charge in [-0.05, 0) is 37.5 Å². The van der Waals surface area contributed by atoms with Crippen LogP contribution in [-0.2, 0) is 16.1 Å². The molecule has 2 aliphatic heterocycles. The number of halogens is 1. The summed E-state index contributed by atoms with van der Waals surface area (Å²) in [5.41, 5.74) is 2.93. The molecule has 12 nitrogen and oxygen atoms in total. The number of aliphatic hydroxyl groups excluding tert-OH is 1. The Bertz CT molecular complexity index is 1400. The second kappa shape index (κ2) is 12.1. The molecule has 2 atom stereocenters. The molecular formula is C27H31ClN8O4. The number of nitrogens with one attached hydrogen (secondary N) is 3. The van der Waals surface area contributed by atoms with Crippen LogP contribution in [0.4, 0.5) is 11.9 Å². The molecule has 0 saturated carbocycles. The molecule has 2 amide bonds. The third-order valence-corrected chi connectivity index (χ3v) is 7.39. The van der Waals surface area contributed by atoms with Crippen LogP contribution in [0.25, 0.3) is 11.3 Å². The van der Waals surface area contributed by atoms with Crippen molar-refractivity contribution in [1.29, 1.82) is 0 Å². The maximum atomic E-state index is 13.4. The van der Waals surface area contributed by atoms with Gasteiger partial charge in [0.1, 0.15) is 6.04 Å². The maximum absolute atomic E-state index is 13.4. The van der Waals surface area contributed by atoms with Crippen molar-refractivity contribution in [3.8, 4) is 11.3 Å². The number of carbonyl (C=O) groups is 2. The normalized spacial score (nSPS) is 16.8. The first-order valence-electron chi connectivity index (χ1n) is 13.1. The summed E-state index contributed by atoms with van der Waals surface area (Å²) in [6.45, 7) is 2.95. The lowest BCUT2D eigenvalue weighted by Gasteiger charge is -2.25. The average Bonchev–Trinajstić information content (AvgIpc) is 3.32. The largest absolute Gasteiger partial charge is 0.394 e. The number of ether oxygens (including phenoxy) is 1. The van der Waals surface area contributed by atoms with Gasteiger partial charge in [-0.25, -0.2) is 19.9 Å². The van der Waals surface area contributed by atoms with Crippen LogP contribution >= 0.6 is 11.6 Å². The van der Waals surface area contributed by atoms with Crippen LogP contribution in [0.2, 0.25) is 5.02 Å². The molecule has 0 radical (unpaired) electrons. The lowest BCUT2D eigenvalue weighted by molar-refractivity contribution is -0.126. The Hall–Kier alpha value is -3.87. The number of fused-ring (bicyclic) bond motifs is 1. The Balaban J connectivity index is 1.30. The molecule has 0 spiro atoms. The highest BCUT2D eigenvalue weighted by molar-refractivity contribution is 6.33. The topological polar surface area (TPSA) is 154 Å². The van der Waals surface area contributed by atoms with Crippen molar-refractivity contribution in [3.05, 3.63) is 58.5 Å². The van der Waals surface area contributed by atoms with Gasteiger partial charge in [0.15, 0.2) is 0 Å². The Morgan fingerprint density at radius 1 is 1.20 bits per heavy atom. The lowest BCUT2D eigenvalue weighted by atomic mass is 10.0. The minimum absolute atomic E-state index is 0.218. The monoisotopic (exact) mass is 566 g/mol. The van der Waals surface area contributed by atoms with Gasteiger partial charge in [-0.3, -0.25) is 9.59 Å². The molecule has 4 heterocycles. The van der Waals surface area contributed by atoms with Crippen LogP contribution in [0.15, 0.2) is 36.7 Å². The van der Waals surface area contributed by atoms with Crippen molar-refractivity contribution in [2.75, 3.05) is 37.5 Å². The minimum Gasteiger partial charge on any atom is -0.394 e. The molecule has 1 fully saturated rings. The van der Waals surface area contributed by atoms with Gasteiger partial charge in [-0.1, -0.05) is 23.7 Å². The Morgan fingerprint density at radius 3 is 2.75 bits per heavy atom. The van der Waals surface area contributed by atoms with Crippen molar-refractivity contribution >= 4 is 35.3 Å². The van der Waals surface area contributed by atoms with Crippen molar-refractivity contribution in [2.45, 2.75) is 44.4 Å². The van der Waals surface area contributed by atoms with E-state index in [1.54, 1.807) is 38.5 Å². The van der Waals surface area contributed by atoms with Gasteiger partial charge in [-0.2, -0.15) is 0 Å². The van der Waals surface area contributed by atoms with Crippen LogP contribution < -0.4 is 16.0 Å². The van der Waals surface area contributed by atoms with Crippen LogP contribution in [0.3, 0.4) is 0 Å². The molecule has 13 heteroatoms. The number of hydrogen-bond acceptors (Lipinski definition) is 10. The molecule has 5 rings (SSSR count). The first-order chi connectivity index (χ1) is 19.4. The van der Waals surface area contributed by atoms with E-state index in [0.717, 1.165) is 18.4 Å². The molecule has 3 aromatic rings. The van der Waals surface area contributed by atoms with Crippen molar-refractivity contribution in [3.63, 3.8) is 0 Å². The summed E-state index contributed by atoms with van der Waals surface area (Å²) in [5.74, 6) is 0.154. The maximum Gasteiger partial charge on any atom is 0.255 e. The number of nitrogens with zero attached hydrogens (tertiary/aromatic N) is 5. The number of aliphatic hydroxyl groups is 1. The highest BCUT2D eigenvalue weighted by atomic mass is 35.5. The molecule has 1 saturated heterocycles. The fourth-order valence-electron chi connectivity index (χ4n) is 4.78. The summed E-state index contributed by atoms with van der Waals surface area (Å²) in [7, 11) is 1.68. The van der Waals surface area contributed by atoms with Gasteiger partial charge in [-0.15, -0.1) is 0 Å². The quantitative estimate of drug-likeness (QED) is 0.303. The first kappa shape index (κ1) is 27.7. The molecule has 4 N–H and O–H groups in total. The number of carbonyl (C=O) groups excluding carboxylic acids is 2. The molecular weight excluding hydrogens is 536 g/mol. The third kappa shape index (κ3) is 5.83. The summed E-state index contributed by atoms with van der Waals surface area (Å²) in [4.78, 5) is 45.4. The van der Waals surface area contributed by atoms with Crippen LogP contribution in [-0.4, -0.2) is 80.7 Å². The van der Waals surface area contributed by atoms with E-state index in [0.29, 0.717) is 52.6 Å². The molecule has 1 aromatic carbocycles. The van der Waals surface area contributed by atoms with Crippen LogP contribution in [0.5, 0.6) is 0 Å². The van der Waals surface area contributed by atoms with E-state index in [2.05, 4.69) is 35.9 Å². The van der Waals surface area contributed by atoms with E-state index in [-0.39, 0.29) is 25.1 Å². The van der Waals surface area contributed by atoms with E-state index in [4.69, 9.17) is 16.3 Å². The standard InChI is InChI=1S/C27H31ClN8O4/c1-15(24(38)33-22(14-37)21-5-8-30-26(29-2)34-21)36-13-17-4-3-16(11-19(17)25(36)39)23-20(28)12-31-27(35-23)32-18-6-9-40-10-7-18/h3-5,8,11-12,15,18,22,37H,6-7,9-10,13-14H2,1-2H3,(H,33,38)(H,29,30,34)(H,31,32,35)/t15-,22+/m0/s1. The predicted molar refractivity (Wildman–Crippen MR) is 149 cm³/mol. The summed E-state index contributed by atoms with van der Waals surface area (Å²) >= 11 is 6.46. The number of benzene rings is 1. The summed E-state index contributed by atoms with van der Waals surface area (Å²) in [5, 5.41) is 19.2. The Kier molecular flexibility index (Phi) is 8.38. The number of hydrogen-bond donors (Lipinski definition) is 4. The van der Waals surface area contributed by atoms with Gasteiger partial charge in [0.2, 0.25) is 17.8 Å². The molecule has 2 aromatic heterocycles. The van der Waals surface area contributed by atoms with E-state index in [1.165, 1.54) is 4.90 Å². The minimum atomic E-state index is -0.791. The third-order valence-electron chi connectivity index (χ3n) is 7.12. The second-order valence-corrected chi connectivity index (χ2v) is 10.1. The fourth-order valence-corrected chi connectivity index (χ4v) is 4.98. The van der Waals surface area contributed by atoms with Gasteiger partial charge >= 0.3 is 0 Å². The van der Waals surface area contributed by atoms with Gasteiger partial charge in [0.25, 0.3) is 5.91 Å². The highest BCUT2D eigenvalue weighted by Gasteiger charge is 2.35. The van der Waals surface area contributed by atoms with Crippen molar-refractivity contribution in [2.24, 2.45) is 0 Å². The number of rotatable bonds is 9. The van der Waals surface area contributed by atoms with Crippen LogP contribution in [0.1, 0.15) is 47.4 Å². The molecule has 40 heavy (non-hydrogen) atoms. The first-order valence-corrected chi connectivity index (χ1v) is 13.5. The number of aromatic nitrogens is 4. The van der Waals surface area contributed by atoms with E-state index in [1.807, 2.05) is 12.1 Å². The molecule has 0 unspecified atom stereocenters. The van der Waals surface area contributed by atoms with Crippen molar-refractivity contribution in [1.82, 2.24) is 30.2 Å². The van der Waals surface area contributed by atoms with Gasteiger partial charge in [0.05, 0.1) is 35.3 Å². The summed E-state index contributed by atoms with van der Waals surface area (Å²) < 4.78 is 5.41. The summed E-state index contributed by atoms with van der Waals surface area (Å²) in [6, 6.07) is 5.77. The number of anilines is 2. The highest BCUT2D eigenvalue weighted by Crippen LogP contribution is 2.32. The zero-order valence-electron chi connectivity index (χ0n) is 22.2. The zero-order valence-corrected chi connectivity index (χ0v) is 23.0. The fraction of sp³-hybridized carbons (Fsp3) is 0.407. The zero-order chi connectivity index (χ0) is 28.2. The molecule has 0 aliphatic carbocycles. The van der Waals surface area contributed by atoms with E-state index < -0.39 is 18.0 Å². The van der Waals surface area contributed by atoms with Crippen LogP contribution in [0, 0.1) is 0 Å². The number of amides is 2. The van der Waals surface area contributed by atoms with E-state index >= 15 is 0 Å². The average molecular weight is 567 g/mol. The smallest absolute Gasteiger partial charge is 0.255 e. The molecule has 2 aliphatic rings. The Morgan fingerprint density at radius 2 is 2.00 bits per heavy atom. The van der Waals surface area contributed by atoms with Crippen molar-refractivity contribution < 1.29 is 19.4 Å². The summed E-state index contributed by atoms with van der Waals surface area (Å²) in [6.07, 6.45) is 4.82. The van der Waals surface area contributed by atoms with Gasteiger partial charge in [0, 0.05) is 50.2 Å². The molecule has 0 bridgehead atoms. The second-order valence-electron chi connectivity index (χ2n) is 9.70.